The summed E-state index contributed by atoms with van der Waals surface area (Å²) in [6.07, 6.45) is -1.59. The summed E-state index contributed by atoms with van der Waals surface area (Å²) in [6, 6.07) is 10.7. The quantitative estimate of drug-likeness (QED) is 0.0403. The number of anilines is 1. The van der Waals surface area contributed by atoms with Crippen LogP contribution in [0.4, 0.5) is 5.69 Å². The number of rotatable bonds is 14. The van der Waals surface area contributed by atoms with Gasteiger partial charge in [0.1, 0.15) is 36.9 Å². The number of hydrogen-bond donors (Lipinski definition) is 6. The Balaban J connectivity index is 0.00000106. The van der Waals surface area contributed by atoms with E-state index in [1.165, 1.54) is 0 Å². The number of aliphatic hydroxyl groups is 1. The molecule has 63 heavy (non-hydrogen) atoms. The smallest absolute Gasteiger partial charge is 0.313 e. The maximum Gasteiger partial charge on any atom is 0.313 e. The third kappa shape index (κ3) is 10.1. The number of aromatic nitrogens is 2. The number of ether oxygens (including phenoxy) is 5. The zero-order valence-corrected chi connectivity index (χ0v) is 37.3. The number of carboxylic acid groups (broad SMARTS) is 1. The number of carbonyl (C=O) groups is 4. The van der Waals surface area contributed by atoms with E-state index in [1.807, 2.05) is 25.1 Å². The number of carboxylic acids is 1. The summed E-state index contributed by atoms with van der Waals surface area (Å²) in [5.41, 5.74) is 15.4. The van der Waals surface area contributed by atoms with Gasteiger partial charge in [-0.2, -0.15) is 0 Å². The molecule has 5 unspecified atom stereocenters. The molecule has 2 aromatic heterocycles. The van der Waals surface area contributed by atoms with Crippen LogP contribution >= 0.6 is 0 Å². The Labute approximate surface area is 384 Å². The molecule has 0 saturated carbocycles. The number of cyclic esters (lactones) is 1. The van der Waals surface area contributed by atoms with E-state index in [9.17, 15) is 24.3 Å². The minimum absolute atomic E-state index is 0. The van der Waals surface area contributed by atoms with Crippen molar-refractivity contribution < 1.29 is 95.5 Å². The Bertz CT molecular complexity index is 2480. The van der Waals surface area contributed by atoms with Crippen LogP contribution in [0.1, 0.15) is 66.0 Å². The van der Waals surface area contributed by atoms with Gasteiger partial charge in [0.15, 0.2) is 6.29 Å². The molecule has 0 aliphatic carbocycles. The Kier molecular flexibility index (Phi) is 15.3. The first kappa shape index (κ1) is 47.5. The standard InChI is InChI=1S/C39H39N6O12.C2H4O2.H3N.Y/c1-2-20-21-11-28-33-24(14-45(28)36(49)25(21)16-52-37(20)50)23(22-12-30-19(6-8-51-30)10-26(22)43-33)13-41-32(47)17-54-44-53-15-18-3-4-29(27(9-18)42-31(46)5-7-40)55-38-34(48)35-39(56-35)57-38;1-2(3)4;;/h3-4,9-12,20,34-35,38-39,48H,2,5-8,13-17,40H2,1H3,(H,41,47)(H,42,46);1H3,(H,3,4);1H3;/q-1;;;. The summed E-state index contributed by atoms with van der Waals surface area (Å²) in [6.45, 7) is 3.39. The summed E-state index contributed by atoms with van der Waals surface area (Å²) < 4.78 is 29.3. The zero-order chi connectivity index (χ0) is 42.9. The van der Waals surface area contributed by atoms with E-state index >= 15 is 0 Å². The molecule has 22 heteroatoms. The van der Waals surface area contributed by atoms with Gasteiger partial charge in [-0.3, -0.25) is 24.0 Å². The largest absolute Gasteiger partial charge is 0.493 e. The fraction of sp³-hybridized carbons (Fsp3) is 0.415. The van der Waals surface area contributed by atoms with Crippen LogP contribution in [0.15, 0.2) is 41.2 Å². The van der Waals surface area contributed by atoms with Crippen LogP contribution in [0.25, 0.3) is 27.9 Å². The van der Waals surface area contributed by atoms with Gasteiger partial charge in [0, 0.05) is 76.5 Å². The number of amides is 2. The maximum atomic E-state index is 13.8. The molecular formula is C41H46N7O14Y-. The summed E-state index contributed by atoms with van der Waals surface area (Å²) in [7, 11) is 0. The van der Waals surface area contributed by atoms with Gasteiger partial charge in [-0.25, -0.2) is 4.98 Å². The maximum absolute atomic E-state index is 13.8. The average Bonchev–Trinajstić information content (AvgIpc) is 3.50. The molecule has 333 valence electrons. The molecule has 0 spiro atoms. The molecule has 21 nitrogen and oxygen atoms in total. The van der Waals surface area contributed by atoms with Gasteiger partial charge in [-0.1, -0.05) is 13.0 Å². The molecule has 7 heterocycles. The summed E-state index contributed by atoms with van der Waals surface area (Å²) in [5.74, 6) is -1.52. The molecule has 5 aliphatic heterocycles. The number of aliphatic carboxylic acids is 1. The summed E-state index contributed by atoms with van der Waals surface area (Å²) in [4.78, 5) is 76.3. The SMILES string of the molecule is CC(=O)O.CCC1C(=O)OCc2c1cc1n(c2=O)Cc2c-1nc1cc3c(cc1c2CNC(=O)CO[N-]OCc1ccc(OC2OC4OC4C2O)c(NC(=O)CCN)c1)OCC3.N.[Y]. The van der Waals surface area contributed by atoms with E-state index in [-0.39, 0.29) is 101 Å². The number of epoxide rings is 1. The third-order valence-electron chi connectivity index (χ3n) is 10.7. The molecule has 4 aromatic rings. The number of pyridine rings is 2. The normalized spacial score (nSPS) is 20.4. The van der Waals surface area contributed by atoms with Crippen molar-refractivity contribution in [3.8, 4) is 22.9 Å². The number of nitrogens with two attached hydrogens (primary N) is 1. The molecule has 2 aromatic carbocycles. The molecule has 9 rings (SSSR count). The fourth-order valence-electron chi connectivity index (χ4n) is 7.78. The molecule has 5 aliphatic rings. The van der Waals surface area contributed by atoms with Crippen molar-refractivity contribution in [3.63, 3.8) is 0 Å². The number of esters is 1. The molecule has 2 fully saturated rings. The predicted molar refractivity (Wildman–Crippen MR) is 216 cm³/mol. The van der Waals surface area contributed by atoms with Gasteiger partial charge in [0.25, 0.3) is 11.5 Å². The second-order valence-electron chi connectivity index (χ2n) is 14.8. The van der Waals surface area contributed by atoms with Crippen LogP contribution in [-0.2, 0) is 108 Å². The van der Waals surface area contributed by atoms with Crippen LogP contribution in [-0.4, -0.2) is 88.1 Å². The summed E-state index contributed by atoms with van der Waals surface area (Å²) >= 11 is 0. The predicted octanol–water partition coefficient (Wildman–Crippen LogP) is 2.32. The number of benzene rings is 2. The second kappa shape index (κ2) is 20.3. The number of nitrogens with zero attached hydrogens (tertiary/aromatic N) is 3. The number of carbonyl (C=O) groups excluding carboxylic acids is 3. The van der Waals surface area contributed by atoms with Crippen LogP contribution in [0.3, 0.4) is 0 Å². The topological polar surface area (TPSA) is 311 Å². The van der Waals surface area contributed by atoms with Crippen molar-refractivity contribution in [2.45, 2.75) is 90.1 Å². The first-order valence-corrected chi connectivity index (χ1v) is 19.7. The van der Waals surface area contributed by atoms with E-state index < -0.39 is 49.2 Å². The molecule has 1 radical (unpaired) electrons. The number of hydrogen-bond acceptors (Lipinski definition) is 16. The van der Waals surface area contributed by atoms with E-state index in [1.54, 1.807) is 22.8 Å². The minimum Gasteiger partial charge on any atom is -0.493 e. The number of fused-ring (bicyclic) bond motifs is 7. The van der Waals surface area contributed by atoms with Crippen molar-refractivity contribution >= 4 is 40.3 Å². The van der Waals surface area contributed by atoms with Crippen LogP contribution < -0.4 is 37.6 Å². The van der Waals surface area contributed by atoms with E-state index in [4.69, 9.17) is 54.0 Å². The molecule has 5 atom stereocenters. The Hall–Kier alpha value is -4.94. The van der Waals surface area contributed by atoms with Gasteiger partial charge in [0.05, 0.1) is 53.8 Å². The first-order chi connectivity index (χ1) is 29.4. The van der Waals surface area contributed by atoms with E-state index in [0.29, 0.717) is 52.3 Å². The Morgan fingerprint density at radius 3 is 2.59 bits per heavy atom. The van der Waals surface area contributed by atoms with E-state index in [0.717, 1.165) is 41.2 Å². The average molecular weight is 950 g/mol. The van der Waals surface area contributed by atoms with Gasteiger partial charge in [0.2, 0.25) is 18.1 Å². The minimum atomic E-state index is -0.981. The molecule has 9 N–H and O–H groups in total. The van der Waals surface area contributed by atoms with E-state index in [2.05, 4.69) is 16.3 Å². The molecule has 2 saturated heterocycles. The molecular weight excluding hydrogens is 903 g/mol. The first-order valence-electron chi connectivity index (χ1n) is 19.7. The van der Waals surface area contributed by atoms with Crippen LogP contribution in [0, 0.1) is 0 Å². The Morgan fingerprint density at radius 1 is 1.06 bits per heavy atom. The molecule has 2 amide bonds. The van der Waals surface area contributed by atoms with Crippen molar-refractivity contribution in [1.29, 1.82) is 0 Å². The Morgan fingerprint density at radius 2 is 1.86 bits per heavy atom. The van der Waals surface area contributed by atoms with Crippen molar-refractivity contribution in [1.82, 2.24) is 21.0 Å². The van der Waals surface area contributed by atoms with Gasteiger partial charge in [-0.15, -0.1) is 0 Å². The second-order valence-corrected chi connectivity index (χ2v) is 14.8. The molecule has 0 bridgehead atoms. The van der Waals surface area contributed by atoms with Gasteiger partial charge >= 0.3 is 5.97 Å². The van der Waals surface area contributed by atoms with Crippen molar-refractivity contribution in [3.05, 3.63) is 85.8 Å². The zero-order valence-electron chi connectivity index (χ0n) is 34.4. The van der Waals surface area contributed by atoms with Crippen molar-refractivity contribution in [2.75, 3.05) is 25.1 Å². The number of aliphatic hydroxyl groups excluding tert-OH is 1. The monoisotopic (exact) mass is 949 g/mol. The number of nitrogens with one attached hydrogen (secondary N) is 2. The fourth-order valence-corrected chi connectivity index (χ4v) is 7.78. The van der Waals surface area contributed by atoms with Crippen molar-refractivity contribution in [2.24, 2.45) is 5.73 Å². The van der Waals surface area contributed by atoms with Gasteiger partial charge in [-0.05, 0) is 59.0 Å². The van der Waals surface area contributed by atoms with Gasteiger partial charge < -0.3 is 76.3 Å². The summed E-state index contributed by atoms with van der Waals surface area (Å²) in [5, 5.41) is 24.1. The third-order valence-corrected chi connectivity index (χ3v) is 10.7. The van der Waals surface area contributed by atoms with Crippen LogP contribution in [0.2, 0.25) is 0 Å². The van der Waals surface area contributed by atoms with Crippen LogP contribution in [0.5, 0.6) is 11.5 Å².